The third kappa shape index (κ3) is 3.81. The predicted octanol–water partition coefficient (Wildman–Crippen LogP) is 2.42. The molecule has 0 heterocycles. The molecule has 116 valence electrons. The first-order valence-electron chi connectivity index (χ1n) is 7.23. The van der Waals surface area contributed by atoms with Gasteiger partial charge >= 0.3 is 0 Å². The van der Waals surface area contributed by atoms with Gasteiger partial charge in [0.2, 0.25) is 10.0 Å². The summed E-state index contributed by atoms with van der Waals surface area (Å²) in [7, 11) is -3.49. The molecular weight excluding hydrogens is 304 g/mol. The fraction of sp³-hybridized carbons (Fsp3) is 0.533. The molecule has 3 unspecified atom stereocenters. The first-order chi connectivity index (χ1) is 9.81. The van der Waals surface area contributed by atoms with Crippen LogP contribution in [0.15, 0.2) is 29.2 Å². The number of sulfonamides is 1. The van der Waals surface area contributed by atoms with Gasteiger partial charge in [0.05, 0.1) is 4.90 Å². The lowest BCUT2D eigenvalue weighted by Gasteiger charge is -2.34. The average molecular weight is 326 g/mol. The summed E-state index contributed by atoms with van der Waals surface area (Å²) in [5, 5.41) is 0. The number of thiocarbonyl (C=S) groups is 1. The molecule has 1 aliphatic carbocycles. The topological polar surface area (TPSA) is 72.2 Å². The van der Waals surface area contributed by atoms with Crippen LogP contribution in [0.25, 0.3) is 0 Å². The van der Waals surface area contributed by atoms with Gasteiger partial charge in [0.15, 0.2) is 0 Å². The van der Waals surface area contributed by atoms with Crippen LogP contribution in [0.4, 0.5) is 0 Å². The van der Waals surface area contributed by atoms with Crippen LogP contribution in [0.1, 0.15) is 38.7 Å². The highest BCUT2D eigenvalue weighted by Crippen LogP contribution is 2.30. The highest BCUT2D eigenvalue weighted by Gasteiger charge is 2.30. The largest absolute Gasteiger partial charge is 0.389 e. The van der Waals surface area contributed by atoms with Gasteiger partial charge < -0.3 is 5.73 Å². The van der Waals surface area contributed by atoms with Gasteiger partial charge in [-0.05, 0) is 30.4 Å². The Morgan fingerprint density at radius 2 is 1.86 bits per heavy atom. The van der Waals surface area contributed by atoms with Crippen molar-refractivity contribution in [1.82, 2.24) is 4.72 Å². The summed E-state index contributed by atoms with van der Waals surface area (Å²) in [5.41, 5.74) is 6.19. The summed E-state index contributed by atoms with van der Waals surface area (Å²) in [4.78, 5) is 0.523. The predicted molar refractivity (Wildman–Crippen MR) is 88.6 cm³/mol. The lowest BCUT2D eigenvalue weighted by Crippen LogP contribution is -2.43. The first-order valence-corrected chi connectivity index (χ1v) is 9.12. The molecule has 3 atom stereocenters. The van der Waals surface area contributed by atoms with E-state index in [1.807, 2.05) is 0 Å². The van der Waals surface area contributed by atoms with E-state index >= 15 is 0 Å². The molecule has 0 aliphatic heterocycles. The van der Waals surface area contributed by atoms with E-state index < -0.39 is 10.0 Å². The van der Waals surface area contributed by atoms with Crippen molar-refractivity contribution in [1.29, 1.82) is 0 Å². The molecule has 1 aliphatic rings. The second kappa shape index (κ2) is 6.42. The molecule has 0 saturated heterocycles. The number of benzene rings is 1. The highest BCUT2D eigenvalue weighted by atomic mass is 32.2. The van der Waals surface area contributed by atoms with Crippen molar-refractivity contribution < 1.29 is 8.42 Å². The number of nitrogens with one attached hydrogen (secondary N) is 1. The Hall–Kier alpha value is -0.980. The van der Waals surface area contributed by atoms with Crippen LogP contribution in [-0.4, -0.2) is 19.4 Å². The molecule has 0 radical (unpaired) electrons. The molecule has 0 amide bonds. The summed E-state index contributed by atoms with van der Waals surface area (Å²) in [6.45, 7) is 4.30. The molecule has 1 aromatic carbocycles. The molecule has 1 saturated carbocycles. The Bertz CT molecular complexity index is 611. The molecule has 3 N–H and O–H groups in total. The van der Waals surface area contributed by atoms with Gasteiger partial charge in [0.1, 0.15) is 4.99 Å². The zero-order valence-electron chi connectivity index (χ0n) is 12.4. The molecule has 1 aromatic rings. The maximum absolute atomic E-state index is 12.5. The van der Waals surface area contributed by atoms with Crippen LogP contribution in [0.3, 0.4) is 0 Å². The minimum Gasteiger partial charge on any atom is -0.389 e. The van der Waals surface area contributed by atoms with Crippen molar-refractivity contribution in [2.24, 2.45) is 17.6 Å². The molecule has 21 heavy (non-hydrogen) atoms. The van der Waals surface area contributed by atoms with Crippen molar-refractivity contribution >= 4 is 27.2 Å². The number of nitrogens with two attached hydrogens (primary N) is 1. The second-order valence-electron chi connectivity index (χ2n) is 5.88. The van der Waals surface area contributed by atoms with Crippen molar-refractivity contribution in [2.45, 2.75) is 44.0 Å². The van der Waals surface area contributed by atoms with E-state index in [0.29, 0.717) is 17.4 Å². The SMILES string of the molecule is CC1CCCC(NS(=O)(=O)c2ccc(C(N)=S)cc2)C1C. The summed E-state index contributed by atoms with van der Waals surface area (Å²) >= 11 is 4.87. The molecule has 0 aromatic heterocycles. The van der Waals surface area contributed by atoms with Gasteiger partial charge in [-0.2, -0.15) is 0 Å². The zero-order chi connectivity index (χ0) is 15.6. The van der Waals surface area contributed by atoms with Crippen molar-refractivity contribution in [2.75, 3.05) is 0 Å². The zero-order valence-corrected chi connectivity index (χ0v) is 14.0. The fourth-order valence-electron chi connectivity index (χ4n) is 2.81. The van der Waals surface area contributed by atoms with Crippen LogP contribution in [0, 0.1) is 11.8 Å². The van der Waals surface area contributed by atoms with Crippen LogP contribution in [-0.2, 0) is 10.0 Å². The standard InChI is InChI=1S/C15H22N2O2S2/c1-10-4-3-5-14(11(10)2)17-21(18,19)13-8-6-12(7-9-13)15(16)20/h6-11,14,17H,3-5H2,1-2H3,(H2,16,20). The Kier molecular flexibility index (Phi) is 5.01. The summed E-state index contributed by atoms with van der Waals surface area (Å²) in [5.74, 6) is 0.896. The molecule has 2 rings (SSSR count). The molecule has 0 bridgehead atoms. The van der Waals surface area contributed by atoms with Crippen molar-refractivity contribution in [3.8, 4) is 0 Å². The molecular formula is C15H22N2O2S2. The van der Waals surface area contributed by atoms with Crippen LogP contribution in [0.2, 0.25) is 0 Å². The van der Waals surface area contributed by atoms with E-state index in [9.17, 15) is 8.42 Å². The smallest absolute Gasteiger partial charge is 0.240 e. The summed E-state index contributed by atoms with van der Waals surface area (Å²) < 4.78 is 27.8. The minimum atomic E-state index is -3.49. The fourth-order valence-corrected chi connectivity index (χ4v) is 4.31. The highest BCUT2D eigenvalue weighted by molar-refractivity contribution is 7.89. The lowest BCUT2D eigenvalue weighted by molar-refractivity contribution is 0.227. The molecule has 6 heteroatoms. The third-order valence-corrected chi connectivity index (χ3v) is 6.20. The quantitative estimate of drug-likeness (QED) is 0.834. The number of hydrogen-bond donors (Lipinski definition) is 2. The molecule has 1 fully saturated rings. The van der Waals surface area contributed by atoms with E-state index in [4.69, 9.17) is 18.0 Å². The second-order valence-corrected chi connectivity index (χ2v) is 8.04. The number of hydrogen-bond acceptors (Lipinski definition) is 3. The maximum Gasteiger partial charge on any atom is 0.240 e. The van der Waals surface area contributed by atoms with Crippen molar-refractivity contribution in [3.63, 3.8) is 0 Å². The van der Waals surface area contributed by atoms with Crippen LogP contribution in [0.5, 0.6) is 0 Å². The molecule has 0 spiro atoms. The third-order valence-electron chi connectivity index (χ3n) is 4.46. The minimum absolute atomic E-state index is 0.00834. The molecule has 4 nitrogen and oxygen atoms in total. The van der Waals surface area contributed by atoms with Gasteiger partial charge in [-0.1, -0.05) is 51.0 Å². The Morgan fingerprint density at radius 3 is 2.43 bits per heavy atom. The van der Waals surface area contributed by atoms with Gasteiger partial charge in [-0.25, -0.2) is 13.1 Å². The van der Waals surface area contributed by atoms with Gasteiger partial charge in [0, 0.05) is 11.6 Å². The summed E-state index contributed by atoms with van der Waals surface area (Å²) in [6.07, 6.45) is 3.14. The van der Waals surface area contributed by atoms with E-state index in [-0.39, 0.29) is 15.9 Å². The van der Waals surface area contributed by atoms with Gasteiger partial charge in [0.25, 0.3) is 0 Å². The maximum atomic E-state index is 12.5. The van der Waals surface area contributed by atoms with E-state index in [0.717, 1.165) is 12.8 Å². The van der Waals surface area contributed by atoms with E-state index in [1.54, 1.807) is 24.3 Å². The normalized spacial score (nSPS) is 26.5. The van der Waals surface area contributed by atoms with Crippen LogP contribution >= 0.6 is 12.2 Å². The average Bonchev–Trinajstić information content (AvgIpc) is 2.44. The Morgan fingerprint density at radius 1 is 1.24 bits per heavy atom. The summed E-state index contributed by atoms with van der Waals surface area (Å²) in [6, 6.07) is 6.39. The Balaban J connectivity index is 2.16. The number of rotatable bonds is 4. The monoisotopic (exact) mass is 326 g/mol. The first kappa shape index (κ1) is 16.4. The van der Waals surface area contributed by atoms with Gasteiger partial charge in [-0.3, -0.25) is 0 Å². The van der Waals surface area contributed by atoms with E-state index in [1.165, 1.54) is 6.42 Å². The van der Waals surface area contributed by atoms with Gasteiger partial charge in [-0.15, -0.1) is 0 Å². The Labute approximate surface area is 132 Å². The lowest BCUT2D eigenvalue weighted by atomic mass is 9.78. The van der Waals surface area contributed by atoms with Crippen molar-refractivity contribution in [3.05, 3.63) is 29.8 Å². The van der Waals surface area contributed by atoms with Crippen LogP contribution < -0.4 is 10.5 Å². The van der Waals surface area contributed by atoms with E-state index in [2.05, 4.69) is 18.6 Å².